The zero-order chi connectivity index (χ0) is 19.1. The van der Waals surface area contributed by atoms with Gasteiger partial charge in [-0.1, -0.05) is 6.07 Å². The van der Waals surface area contributed by atoms with Crippen LogP contribution >= 0.6 is 0 Å². The van der Waals surface area contributed by atoms with Gasteiger partial charge in [0.1, 0.15) is 17.9 Å². The van der Waals surface area contributed by atoms with Crippen molar-refractivity contribution in [2.24, 2.45) is 0 Å². The second-order valence-electron chi connectivity index (χ2n) is 6.74. The summed E-state index contributed by atoms with van der Waals surface area (Å²) in [6.45, 7) is 2.88. The highest BCUT2D eigenvalue weighted by Gasteiger charge is 2.20. The van der Waals surface area contributed by atoms with Crippen LogP contribution in [0.25, 0.3) is 16.6 Å². The summed E-state index contributed by atoms with van der Waals surface area (Å²) in [5.41, 5.74) is 5.35. The van der Waals surface area contributed by atoms with Crippen LogP contribution in [-0.4, -0.2) is 26.0 Å². The number of hydrogen-bond acceptors (Lipinski definition) is 5. The average molecular weight is 375 g/mol. The summed E-state index contributed by atoms with van der Waals surface area (Å²) in [4.78, 5) is 13.2. The number of fused-ring (bicyclic) bond motifs is 2. The molecule has 1 aromatic carbocycles. The summed E-state index contributed by atoms with van der Waals surface area (Å²) in [5.74, 6) is 1.14. The maximum absolute atomic E-state index is 14.4. The molecule has 0 aliphatic carbocycles. The van der Waals surface area contributed by atoms with E-state index in [0.29, 0.717) is 24.7 Å². The standard InChI is InChI=1S/C21H18FN5O/c1-13-14(3-2-7-24-13)17-10-26-21(27-12-23-11-19(17)27)25-9-16-15-6-8-28-20(15)5-4-18(16)22/h2-5,7,10-12H,6,8-9H2,1H3,(H,25,26). The van der Waals surface area contributed by atoms with E-state index in [1.807, 2.05) is 23.5 Å². The second kappa shape index (κ2) is 6.60. The summed E-state index contributed by atoms with van der Waals surface area (Å²) in [6.07, 6.45) is 7.79. The number of nitrogens with one attached hydrogen (secondary N) is 1. The molecule has 0 spiro atoms. The first-order valence-corrected chi connectivity index (χ1v) is 9.12. The smallest absolute Gasteiger partial charge is 0.208 e. The Morgan fingerprint density at radius 3 is 3.00 bits per heavy atom. The van der Waals surface area contributed by atoms with Gasteiger partial charge >= 0.3 is 0 Å². The van der Waals surface area contributed by atoms with Crippen LogP contribution in [0.5, 0.6) is 5.75 Å². The SMILES string of the molecule is Cc1ncccc1-c1cnc(NCc2c(F)ccc3c2CCO3)n2cncc12. The van der Waals surface area contributed by atoms with Gasteiger partial charge in [-0.15, -0.1) is 0 Å². The molecule has 0 unspecified atom stereocenters. The highest BCUT2D eigenvalue weighted by molar-refractivity contribution is 5.81. The molecule has 140 valence electrons. The highest BCUT2D eigenvalue weighted by Crippen LogP contribution is 2.31. The minimum absolute atomic E-state index is 0.235. The molecule has 1 aliphatic rings. The van der Waals surface area contributed by atoms with E-state index >= 15 is 0 Å². The molecule has 0 radical (unpaired) electrons. The third-order valence-electron chi connectivity index (χ3n) is 5.12. The molecular weight excluding hydrogens is 357 g/mol. The molecule has 6 nitrogen and oxygen atoms in total. The van der Waals surface area contributed by atoms with Crippen molar-refractivity contribution in [1.82, 2.24) is 19.4 Å². The molecule has 0 fully saturated rings. The monoisotopic (exact) mass is 375 g/mol. The van der Waals surface area contributed by atoms with E-state index in [1.165, 1.54) is 6.07 Å². The summed E-state index contributed by atoms with van der Waals surface area (Å²) in [6, 6.07) is 7.07. The van der Waals surface area contributed by atoms with Crippen molar-refractivity contribution in [2.45, 2.75) is 19.9 Å². The number of hydrogen-bond donors (Lipinski definition) is 1. The van der Waals surface area contributed by atoms with Gasteiger partial charge in [0.05, 0.1) is 18.3 Å². The number of pyridine rings is 1. The third kappa shape index (κ3) is 2.67. The average Bonchev–Trinajstić information content (AvgIpc) is 3.37. The van der Waals surface area contributed by atoms with Crippen molar-refractivity contribution in [3.05, 3.63) is 71.8 Å². The lowest BCUT2D eigenvalue weighted by Crippen LogP contribution is -2.09. The highest BCUT2D eigenvalue weighted by atomic mass is 19.1. The van der Waals surface area contributed by atoms with E-state index in [-0.39, 0.29) is 5.82 Å². The van der Waals surface area contributed by atoms with Gasteiger partial charge in [-0.25, -0.2) is 14.4 Å². The first-order valence-electron chi connectivity index (χ1n) is 9.12. The van der Waals surface area contributed by atoms with Crippen molar-refractivity contribution in [1.29, 1.82) is 0 Å². The van der Waals surface area contributed by atoms with Crippen LogP contribution in [0.4, 0.5) is 10.3 Å². The number of aryl methyl sites for hydroxylation is 1. The Bertz CT molecular complexity index is 1190. The van der Waals surface area contributed by atoms with Crippen molar-refractivity contribution >= 4 is 11.5 Å². The molecule has 4 heterocycles. The molecule has 4 aromatic rings. The predicted molar refractivity (Wildman–Crippen MR) is 104 cm³/mol. The van der Waals surface area contributed by atoms with Gasteiger partial charge in [0, 0.05) is 53.3 Å². The zero-order valence-electron chi connectivity index (χ0n) is 15.3. The molecule has 28 heavy (non-hydrogen) atoms. The summed E-state index contributed by atoms with van der Waals surface area (Å²) in [7, 11) is 0. The quantitative estimate of drug-likeness (QED) is 0.588. The Morgan fingerprint density at radius 1 is 1.18 bits per heavy atom. The fraction of sp³-hybridized carbons (Fsp3) is 0.190. The number of ether oxygens (including phenoxy) is 1. The number of imidazole rings is 1. The van der Waals surface area contributed by atoms with Gasteiger partial charge in [-0.2, -0.15) is 0 Å². The third-order valence-corrected chi connectivity index (χ3v) is 5.12. The first-order chi connectivity index (χ1) is 13.7. The fourth-order valence-electron chi connectivity index (χ4n) is 3.70. The maximum atomic E-state index is 14.4. The number of nitrogens with zero attached hydrogens (tertiary/aromatic N) is 4. The predicted octanol–water partition coefficient (Wildman–Crippen LogP) is 3.79. The Balaban J connectivity index is 1.51. The number of anilines is 1. The second-order valence-corrected chi connectivity index (χ2v) is 6.74. The molecule has 1 aliphatic heterocycles. The Kier molecular flexibility index (Phi) is 3.93. The molecule has 0 bridgehead atoms. The lowest BCUT2D eigenvalue weighted by Gasteiger charge is -2.13. The molecule has 5 rings (SSSR count). The molecule has 0 saturated carbocycles. The van der Waals surface area contributed by atoms with E-state index in [2.05, 4.69) is 20.3 Å². The zero-order valence-corrected chi connectivity index (χ0v) is 15.3. The number of benzene rings is 1. The first kappa shape index (κ1) is 16.7. The Morgan fingerprint density at radius 2 is 2.11 bits per heavy atom. The minimum Gasteiger partial charge on any atom is -0.493 e. The topological polar surface area (TPSA) is 64.3 Å². The molecule has 0 amide bonds. The van der Waals surface area contributed by atoms with Crippen LogP contribution in [0.2, 0.25) is 0 Å². The van der Waals surface area contributed by atoms with Crippen LogP contribution < -0.4 is 10.1 Å². The van der Waals surface area contributed by atoms with Gasteiger partial charge < -0.3 is 10.1 Å². The lowest BCUT2D eigenvalue weighted by atomic mass is 10.0. The van der Waals surface area contributed by atoms with E-state index in [1.54, 1.807) is 31.0 Å². The van der Waals surface area contributed by atoms with Crippen molar-refractivity contribution in [2.75, 3.05) is 11.9 Å². The normalized spacial score (nSPS) is 12.8. The van der Waals surface area contributed by atoms with E-state index in [9.17, 15) is 4.39 Å². The largest absolute Gasteiger partial charge is 0.493 e. The fourth-order valence-corrected chi connectivity index (χ4v) is 3.70. The molecular formula is C21H18FN5O. The maximum Gasteiger partial charge on any atom is 0.208 e. The van der Waals surface area contributed by atoms with E-state index in [0.717, 1.165) is 40.1 Å². The van der Waals surface area contributed by atoms with Gasteiger partial charge in [0.25, 0.3) is 0 Å². The number of halogens is 1. The molecule has 0 atom stereocenters. The van der Waals surface area contributed by atoms with Crippen LogP contribution in [0, 0.1) is 12.7 Å². The minimum atomic E-state index is -0.235. The van der Waals surface area contributed by atoms with Crippen molar-refractivity contribution in [3.8, 4) is 16.9 Å². The molecule has 0 saturated heterocycles. The van der Waals surface area contributed by atoms with Gasteiger partial charge in [0.2, 0.25) is 5.95 Å². The summed E-state index contributed by atoms with van der Waals surface area (Å²) in [5, 5.41) is 3.25. The van der Waals surface area contributed by atoms with Crippen molar-refractivity contribution in [3.63, 3.8) is 0 Å². The summed E-state index contributed by atoms with van der Waals surface area (Å²) >= 11 is 0. The van der Waals surface area contributed by atoms with Gasteiger partial charge in [-0.3, -0.25) is 9.38 Å². The molecule has 7 heteroatoms. The van der Waals surface area contributed by atoms with Crippen molar-refractivity contribution < 1.29 is 9.13 Å². The molecule has 3 aromatic heterocycles. The van der Waals surface area contributed by atoms with Gasteiger partial charge in [0.15, 0.2) is 0 Å². The van der Waals surface area contributed by atoms with Crippen LogP contribution in [0.1, 0.15) is 16.8 Å². The Labute approximate surface area is 161 Å². The van der Waals surface area contributed by atoms with Crippen LogP contribution in [0.15, 0.2) is 49.2 Å². The summed E-state index contributed by atoms with van der Waals surface area (Å²) < 4.78 is 21.8. The van der Waals surface area contributed by atoms with Crippen LogP contribution in [-0.2, 0) is 13.0 Å². The number of aromatic nitrogens is 4. The number of rotatable bonds is 4. The lowest BCUT2D eigenvalue weighted by molar-refractivity contribution is 0.356. The van der Waals surface area contributed by atoms with Gasteiger partial charge in [-0.05, 0) is 25.1 Å². The Hall–Kier alpha value is -3.48. The van der Waals surface area contributed by atoms with E-state index < -0.39 is 0 Å². The van der Waals surface area contributed by atoms with E-state index in [4.69, 9.17) is 4.74 Å². The molecule has 1 N–H and O–H groups in total. The van der Waals surface area contributed by atoms with Crippen LogP contribution in [0.3, 0.4) is 0 Å².